The number of furan rings is 1. The molecule has 0 aliphatic carbocycles. The van der Waals surface area contributed by atoms with Gasteiger partial charge in [0.05, 0.1) is 0 Å². The maximum absolute atomic E-state index is 6.52. The molecular formula is C45H27N3O. The second-order valence-electron chi connectivity index (χ2n) is 12.5. The van der Waals surface area contributed by atoms with Crippen molar-refractivity contribution in [2.45, 2.75) is 0 Å². The molecule has 8 aromatic carbocycles. The average Bonchev–Trinajstić information content (AvgIpc) is 3.54. The Morgan fingerprint density at radius 2 is 0.612 bits per heavy atom. The number of aromatic nitrogens is 3. The minimum absolute atomic E-state index is 0.598. The number of hydrogen-bond acceptors (Lipinski definition) is 4. The van der Waals surface area contributed by atoms with Crippen molar-refractivity contribution in [3.63, 3.8) is 0 Å². The summed E-state index contributed by atoms with van der Waals surface area (Å²) in [6, 6.07) is 57.1. The molecule has 0 saturated heterocycles. The van der Waals surface area contributed by atoms with Gasteiger partial charge in [0.1, 0.15) is 11.2 Å². The zero-order chi connectivity index (χ0) is 32.3. The van der Waals surface area contributed by atoms with Crippen molar-refractivity contribution >= 4 is 54.3 Å². The topological polar surface area (TPSA) is 51.8 Å². The van der Waals surface area contributed by atoms with Gasteiger partial charge in [-0.05, 0) is 85.9 Å². The van der Waals surface area contributed by atoms with Crippen molar-refractivity contribution in [1.29, 1.82) is 0 Å². The summed E-state index contributed by atoms with van der Waals surface area (Å²) in [7, 11) is 0. The van der Waals surface area contributed by atoms with Gasteiger partial charge in [-0.25, -0.2) is 15.0 Å². The number of hydrogen-bond donors (Lipinski definition) is 0. The highest BCUT2D eigenvalue weighted by molar-refractivity contribution is 6.07. The van der Waals surface area contributed by atoms with Crippen molar-refractivity contribution < 1.29 is 4.42 Å². The second kappa shape index (κ2) is 11.0. The molecule has 0 saturated carbocycles. The summed E-state index contributed by atoms with van der Waals surface area (Å²) in [4.78, 5) is 15.1. The van der Waals surface area contributed by atoms with Crippen molar-refractivity contribution in [3.05, 3.63) is 164 Å². The van der Waals surface area contributed by atoms with E-state index in [1.807, 2.05) is 0 Å². The Morgan fingerprint density at radius 3 is 1.10 bits per heavy atom. The van der Waals surface area contributed by atoms with Gasteiger partial charge in [-0.2, -0.15) is 0 Å². The van der Waals surface area contributed by atoms with Crippen LogP contribution in [-0.2, 0) is 0 Å². The van der Waals surface area contributed by atoms with Crippen LogP contribution in [0.15, 0.2) is 168 Å². The molecule has 0 aliphatic heterocycles. The Labute approximate surface area is 282 Å². The summed E-state index contributed by atoms with van der Waals surface area (Å²) in [5.41, 5.74) is 6.67. The third-order valence-corrected chi connectivity index (χ3v) is 9.47. The van der Waals surface area contributed by atoms with E-state index in [4.69, 9.17) is 19.4 Å². The van der Waals surface area contributed by atoms with Crippen LogP contribution in [0.25, 0.3) is 99.5 Å². The van der Waals surface area contributed by atoms with Crippen molar-refractivity contribution in [2.24, 2.45) is 0 Å². The molecule has 0 N–H and O–H groups in total. The van der Waals surface area contributed by atoms with Gasteiger partial charge in [-0.1, -0.05) is 121 Å². The van der Waals surface area contributed by atoms with Gasteiger partial charge in [0.2, 0.25) is 0 Å². The fourth-order valence-electron chi connectivity index (χ4n) is 6.88. The lowest BCUT2D eigenvalue weighted by molar-refractivity contribution is 0.669. The van der Waals surface area contributed by atoms with Crippen molar-refractivity contribution in [3.8, 4) is 45.3 Å². The maximum atomic E-state index is 6.52. The summed E-state index contributed by atoms with van der Waals surface area (Å²) >= 11 is 0. The monoisotopic (exact) mass is 625 g/mol. The smallest absolute Gasteiger partial charge is 0.164 e. The van der Waals surface area contributed by atoms with Gasteiger partial charge in [0.15, 0.2) is 17.5 Å². The number of fused-ring (bicyclic) bond motifs is 6. The maximum Gasteiger partial charge on any atom is 0.164 e. The Bertz CT molecular complexity index is 2810. The third kappa shape index (κ3) is 4.81. The largest absolute Gasteiger partial charge is 0.456 e. The molecule has 4 nitrogen and oxygen atoms in total. The van der Waals surface area contributed by atoms with Gasteiger partial charge in [-0.15, -0.1) is 0 Å². The number of benzene rings is 8. The van der Waals surface area contributed by atoms with Crippen molar-refractivity contribution in [2.75, 3.05) is 0 Å². The Kier molecular flexibility index (Phi) is 6.15. The van der Waals surface area contributed by atoms with E-state index in [0.717, 1.165) is 60.5 Å². The van der Waals surface area contributed by atoms with Crippen LogP contribution >= 0.6 is 0 Å². The first-order valence-electron chi connectivity index (χ1n) is 16.4. The van der Waals surface area contributed by atoms with Crippen LogP contribution in [-0.4, -0.2) is 15.0 Å². The minimum atomic E-state index is 0.598. The molecule has 10 aromatic rings. The predicted octanol–water partition coefficient (Wildman–Crippen LogP) is 11.9. The van der Waals surface area contributed by atoms with E-state index < -0.39 is 0 Å². The molecule has 0 atom stereocenters. The predicted molar refractivity (Wildman–Crippen MR) is 201 cm³/mol. The van der Waals surface area contributed by atoms with Crippen LogP contribution in [0.3, 0.4) is 0 Å². The fraction of sp³-hybridized carbons (Fsp3) is 0. The van der Waals surface area contributed by atoms with Crippen LogP contribution in [0.1, 0.15) is 0 Å². The van der Waals surface area contributed by atoms with Crippen LogP contribution in [0, 0.1) is 0 Å². The first-order valence-corrected chi connectivity index (χ1v) is 16.4. The fourth-order valence-corrected chi connectivity index (χ4v) is 6.88. The van der Waals surface area contributed by atoms with E-state index >= 15 is 0 Å². The molecule has 10 rings (SSSR count). The molecule has 2 aromatic heterocycles. The molecule has 0 radical (unpaired) electrons. The van der Waals surface area contributed by atoms with E-state index in [2.05, 4.69) is 164 Å². The SMILES string of the molecule is c1ccc2cc(-c3ccc4c(c3)oc3cc(-c5nc(-c6ccc7ccccc7c6)nc(-c6ccc7ccccc7c6)n5)ccc34)ccc2c1. The third-order valence-electron chi connectivity index (χ3n) is 9.47. The lowest BCUT2D eigenvalue weighted by Crippen LogP contribution is -2.00. The minimum Gasteiger partial charge on any atom is -0.456 e. The highest BCUT2D eigenvalue weighted by Gasteiger charge is 2.16. The summed E-state index contributed by atoms with van der Waals surface area (Å²) in [6.07, 6.45) is 0. The van der Waals surface area contributed by atoms with E-state index in [-0.39, 0.29) is 0 Å². The number of nitrogens with zero attached hydrogens (tertiary/aromatic N) is 3. The standard InChI is InChI=1S/C45H27N3O/c1-4-10-31-23-34(16-13-28(31)7-1)35-19-21-39-40-22-20-38(27-42(40)49-41(39)26-35)45-47-43(36-17-14-29-8-2-5-11-32(29)24-36)46-44(48-45)37-18-15-30-9-3-6-12-33(30)25-37/h1-27H. The molecule has 0 bridgehead atoms. The molecule has 49 heavy (non-hydrogen) atoms. The highest BCUT2D eigenvalue weighted by atomic mass is 16.3. The summed E-state index contributed by atoms with van der Waals surface area (Å²) < 4.78 is 6.52. The molecule has 0 spiro atoms. The molecule has 2 heterocycles. The lowest BCUT2D eigenvalue weighted by atomic mass is 10.00. The first kappa shape index (κ1) is 27.5. The van der Waals surface area contributed by atoms with Gasteiger partial charge in [0, 0.05) is 27.5 Å². The normalized spacial score (nSPS) is 11.7. The van der Waals surface area contributed by atoms with Crippen LogP contribution < -0.4 is 0 Å². The van der Waals surface area contributed by atoms with E-state index in [9.17, 15) is 0 Å². The lowest BCUT2D eigenvalue weighted by Gasteiger charge is -2.10. The summed E-state index contributed by atoms with van der Waals surface area (Å²) in [5, 5.41) is 9.22. The van der Waals surface area contributed by atoms with Crippen LogP contribution in [0.4, 0.5) is 0 Å². The quantitative estimate of drug-likeness (QED) is 0.195. The second-order valence-corrected chi connectivity index (χ2v) is 12.5. The summed E-state index contributed by atoms with van der Waals surface area (Å²) in [5.74, 6) is 1.85. The summed E-state index contributed by atoms with van der Waals surface area (Å²) in [6.45, 7) is 0. The Balaban J connectivity index is 1.11. The molecule has 0 fully saturated rings. The number of rotatable bonds is 4. The van der Waals surface area contributed by atoms with E-state index in [1.165, 1.54) is 21.5 Å². The zero-order valence-corrected chi connectivity index (χ0v) is 26.3. The molecule has 0 unspecified atom stereocenters. The molecule has 0 aliphatic rings. The molecule has 4 heteroatoms. The zero-order valence-electron chi connectivity index (χ0n) is 26.3. The van der Waals surface area contributed by atoms with Crippen LogP contribution in [0.5, 0.6) is 0 Å². The van der Waals surface area contributed by atoms with Crippen molar-refractivity contribution in [1.82, 2.24) is 15.0 Å². The highest BCUT2D eigenvalue weighted by Crippen LogP contribution is 2.36. The molecule has 228 valence electrons. The van der Waals surface area contributed by atoms with E-state index in [1.54, 1.807) is 0 Å². The molecular weight excluding hydrogens is 599 g/mol. The van der Waals surface area contributed by atoms with Gasteiger partial charge < -0.3 is 4.42 Å². The van der Waals surface area contributed by atoms with Gasteiger partial charge in [0.25, 0.3) is 0 Å². The van der Waals surface area contributed by atoms with Gasteiger partial charge >= 0.3 is 0 Å². The van der Waals surface area contributed by atoms with Gasteiger partial charge in [-0.3, -0.25) is 0 Å². The first-order chi connectivity index (χ1) is 24.2. The molecule has 0 amide bonds. The Morgan fingerprint density at radius 1 is 0.286 bits per heavy atom. The van der Waals surface area contributed by atoms with E-state index in [0.29, 0.717) is 17.5 Å². The Hall–Kier alpha value is -6.65. The average molecular weight is 626 g/mol. The van der Waals surface area contributed by atoms with Crippen LogP contribution in [0.2, 0.25) is 0 Å².